The molecule has 0 atom stereocenters. The quantitative estimate of drug-likeness (QED) is 0.561. The lowest BCUT2D eigenvalue weighted by molar-refractivity contribution is 0.567. The summed E-state index contributed by atoms with van der Waals surface area (Å²) in [5, 5.41) is 0.507. The SMILES string of the molecule is Cc1ccccc1NS(=O)(=O)c1ccc2oc(=O)c3ncn(C)c3c2c1. The Balaban J connectivity index is 1.91. The minimum Gasteiger partial charge on any atom is -0.421 e. The minimum absolute atomic E-state index is 0.0737. The second kappa shape index (κ2) is 5.70. The number of rotatable bonds is 3. The third-order valence-corrected chi connectivity index (χ3v) is 5.60. The number of imidazole rings is 1. The van der Waals surface area contributed by atoms with E-state index < -0.39 is 15.6 Å². The van der Waals surface area contributed by atoms with Crippen molar-refractivity contribution in [2.75, 3.05) is 4.72 Å². The Kier molecular flexibility index (Phi) is 3.58. The maximum atomic E-state index is 12.8. The molecular formula is C18H15N3O4S. The molecule has 2 aromatic carbocycles. The molecule has 1 N–H and O–H groups in total. The Morgan fingerprint density at radius 1 is 1.15 bits per heavy atom. The molecule has 0 spiro atoms. The first-order valence-electron chi connectivity index (χ1n) is 7.83. The Morgan fingerprint density at radius 2 is 1.92 bits per heavy atom. The summed E-state index contributed by atoms with van der Waals surface area (Å²) in [7, 11) is -2.06. The molecule has 0 aliphatic carbocycles. The first-order chi connectivity index (χ1) is 12.4. The van der Waals surface area contributed by atoms with Gasteiger partial charge in [-0.15, -0.1) is 0 Å². The molecule has 0 fully saturated rings. The summed E-state index contributed by atoms with van der Waals surface area (Å²) in [5.74, 6) is 0. The third kappa shape index (κ3) is 2.55. The monoisotopic (exact) mass is 369 g/mol. The summed E-state index contributed by atoms with van der Waals surface area (Å²) < 4.78 is 35.1. The molecule has 4 rings (SSSR count). The highest BCUT2D eigenvalue weighted by Crippen LogP contribution is 2.26. The van der Waals surface area contributed by atoms with E-state index in [-0.39, 0.29) is 10.4 Å². The summed E-state index contributed by atoms with van der Waals surface area (Å²) >= 11 is 0. The topological polar surface area (TPSA) is 94.2 Å². The van der Waals surface area contributed by atoms with E-state index in [1.807, 2.05) is 19.1 Å². The Labute approximate surface area is 148 Å². The molecule has 2 heterocycles. The number of aryl methyl sites for hydroxylation is 2. The molecule has 2 aromatic heterocycles. The molecule has 0 aliphatic rings. The molecule has 0 bridgehead atoms. The average Bonchev–Trinajstić information content (AvgIpc) is 2.99. The van der Waals surface area contributed by atoms with Crippen LogP contribution in [0.2, 0.25) is 0 Å². The van der Waals surface area contributed by atoms with Crippen molar-refractivity contribution >= 4 is 37.7 Å². The molecule has 7 nitrogen and oxygen atoms in total. The van der Waals surface area contributed by atoms with Gasteiger partial charge in [0, 0.05) is 12.4 Å². The fraction of sp³-hybridized carbons (Fsp3) is 0.111. The van der Waals surface area contributed by atoms with Gasteiger partial charge in [0.25, 0.3) is 10.0 Å². The van der Waals surface area contributed by atoms with Crippen molar-refractivity contribution < 1.29 is 12.8 Å². The molecule has 132 valence electrons. The highest BCUT2D eigenvalue weighted by molar-refractivity contribution is 7.92. The van der Waals surface area contributed by atoms with Crippen molar-refractivity contribution in [1.82, 2.24) is 9.55 Å². The maximum absolute atomic E-state index is 12.8. The molecule has 8 heteroatoms. The number of fused-ring (bicyclic) bond motifs is 3. The zero-order valence-electron chi connectivity index (χ0n) is 14.1. The molecule has 0 unspecified atom stereocenters. The molecular weight excluding hydrogens is 354 g/mol. The largest absolute Gasteiger partial charge is 0.421 e. The van der Waals surface area contributed by atoms with Crippen molar-refractivity contribution in [1.29, 1.82) is 0 Å². The van der Waals surface area contributed by atoms with Crippen LogP contribution in [0, 0.1) is 6.92 Å². The average molecular weight is 369 g/mol. The lowest BCUT2D eigenvalue weighted by atomic mass is 10.2. The van der Waals surface area contributed by atoms with Crippen LogP contribution < -0.4 is 10.3 Å². The second-order valence-electron chi connectivity index (χ2n) is 6.02. The predicted octanol–water partition coefficient (Wildman–Crippen LogP) is 2.79. The van der Waals surface area contributed by atoms with Crippen molar-refractivity contribution in [2.24, 2.45) is 7.05 Å². The van der Waals surface area contributed by atoms with E-state index in [1.165, 1.54) is 24.5 Å². The van der Waals surface area contributed by atoms with Crippen molar-refractivity contribution in [2.45, 2.75) is 11.8 Å². The van der Waals surface area contributed by atoms with Crippen LogP contribution in [-0.4, -0.2) is 18.0 Å². The smallest absolute Gasteiger partial charge is 0.364 e. The van der Waals surface area contributed by atoms with Crippen LogP contribution in [0.1, 0.15) is 5.56 Å². The lowest BCUT2D eigenvalue weighted by Crippen LogP contribution is -2.14. The summed E-state index contributed by atoms with van der Waals surface area (Å²) in [6, 6.07) is 11.5. The highest BCUT2D eigenvalue weighted by Gasteiger charge is 2.19. The Bertz CT molecular complexity index is 1320. The summed E-state index contributed by atoms with van der Waals surface area (Å²) in [5.41, 5.74) is 1.78. The van der Waals surface area contributed by atoms with Crippen LogP contribution >= 0.6 is 0 Å². The standard InChI is InChI=1S/C18H15N3O4S/c1-11-5-3-4-6-14(11)20-26(23,24)12-7-8-15-13(9-12)17-16(18(22)25-15)19-10-21(17)2/h3-10,20H,1-2H3. The third-order valence-electron chi connectivity index (χ3n) is 4.24. The van der Waals surface area contributed by atoms with Gasteiger partial charge in [-0.2, -0.15) is 0 Å². The zero-order valence-corrected chi connectivity index (χ0v) is 14.9. The van der Waals surface area contributed by atoms with E-state index in [0.29, 0.717) is 22.2 Å². The van der Waals surface area contributed by atoms with E-state index in [1.54, 1.807) is 23.7 Å². The molecule has 0 radical (unpaired) electrons. The Hall–Kier alpha value is -3.13. The van der Waals surface area contributed by atoms with Gasteiger partial charge in [-0.05, 0) is 36.8 Å². The summed E-state index contributed by atoms with van der Waals surface area (Å²) in [6.07, 6.45) is 1.49. The first kappa shape index (κ1) is 16.3. The van der Waals surface area contributed by atoms with Gasteiger partial charge in [0.05, 0.1) is 22.4 Å². The van der Waals surface area contributed by atoms with Crippen molar-refractivity contribution in [3.05, 3.63) is 64.8 Å². The molecule has 0 saturated heterocycles. The number of nitrogens with one attached hydrogen (secondary N) is 1. The van der Waals surface area contributed by atoms with E-state index in [2.05, 4.69) is 9.71 Å². The van der Waals surface area contributed by atoms with Gasteiger partial charge >= 0.3 is 5.63 Å². The molecule has 0 saturated carbocycles. The molecule has 4 aromatic rings. The van der Waals surface area contributed by atoms with Crippen molar-refractivity contribution in [3.63, 3.8) is 0 Å². The van der Waals surface area contributed by atoms with Gasteiger partial charge in [-0.1, -0.05) is 18.2 Å². The van der Waals surface area contributed by atoms with Gasteiger partial charge in [0.2, 0.25) is 0 Å². The normalized spacial score (nSPS) is 11.9. The fourth-order valence-corrected chi connectivity index (χ4v) is 4.04. The van der Waals surface area contributed by atoms with E-state index in [9.17, 15) is 13.2 Å². The van der Waals surface area contributed by atoms with Gasteiger partial charge in [0.15, 0.2) is 5.52 Å². The predicted molar refractivity (Wildman–Crippen MR) is 98.7 cm³/mol. The zero-order chi connectivity index (χ0) is 18.5. The molecule has 0 amide bonds. The Morgan fingerprint density at radius 3 is 2.69 bits per heavy atom. The number of hydrogen-bond donors (Lipinski definition) is 1. The van der Waals surface area contributed by atoms with E-state index in [0.717, 1.165) is 5.56 Å². The van der Waals surface area contributed by atoms with Gasteiger partial charge < -0.3 is 8.98 Å². The van der Waals surface area contributed by atoms with E-state index in [4.69, 9.17) is 4.42 Å². The minimum atomic E-state index is -3.80. The van der Waals surface area contributed by atoms with Crippen molar-refractivity contribution in [3.8, 4) is 0 Å². The van der Waals surface area contributed by atoms with Crippen LogP contribution in [-0.2, 0) is 17.1 Å². The van der Waals surface area contributed by atoms with Crippen LogP contribution in [0.15, 0.2) is 62.9 Å². The summed E-state index contributed by atoms with van der Waals surface area (Å²) in [6.45, 7) is 1.83. The number of benzene rings is 2. The number of para-hydroxylation sites is 1. The molecule has 26 heavy (non-hydrogen) atoms. The number of nitrogens with zero attached hydrogens (tertiary/aromatic N) is 2. The molecule has 0 aliphatic heterocycles. The van der Waals surface area contributed by atoms with E-state index >= 15 is 0 Å². The van der Waals surface area contributed by atoms with Crippen LogP contribution in [0.4, 0.5) is 5.69 Å². The maximum Gasteiger partial charge on any atom is 0.364 e. The first-order valence-corrected chi connectivity index (χ1v) is 9.31. The number of anilines is 1. The number of sulfonamides is 1. The van der Waals surface area contributed by atoms with Crippen LogP contribution in [0.3, 0.4) is 0 Å². The van der Waals surface area contributed by atoms with Crippen LogP contribution in [0.25, 0.3) is 22.0 Å². The van der Waals surface area contributed by atoms with Crippen LogP contribution in [0.5, 0.6) is 0 Å². The lowest BCUT2D eigenvalue weighted by Gasteiger charge is -2.11. The summed E-state index contributed by atoms with van der Waals surface area (Å²) in [4.78, 5) is 16.1. The second-order valence-corrected chi connectivity index (χ2v) is 7.70. The fourth-order valence-electron chi connectivity index (χ4n) is 2.89. The number of hydrogen-bond acceptors (Lipinski definition) is 5. The number of aromatic nitrogens is 2. The van der Waals surface area contributed by atoms with Gasteiger partial charge in [-0.3, -0.25) is 4.72 Å². The van der Waals surface area contributed by atoms with Gasteiger partial charge in [0.1, 0.15) is 5.58 Å². The van der Waals surface area contributed by atoms with Gasteiger partial charge in [-0.25, -0.2) is 18.2 Å². The highest BCUT2D eigenvalue weighted by atomic mass is 32.2.